The maximum atomic E-state index is 3.36. The monoisotopic (exact) mass is 163 g/mol. The summed E-state index contributed by atoms with van der Waals surface area (Å²) in [5.41, 5.74) is 2.78. The molecule has 1 heterocycles. The number of rotatable bonds is 2. The van der Waals surface area contributed by atoms with Gasteiger partial charge in [-0.1, -0.05) is 24.3 Å². The fourth-order valence-corrected chi connectivity index (χ4v) is 1.35. The van der Waals surface area contributed by atoms with E-state index in [1.54, 1.807) is 0 Å². The van der Waals surface area contributed by atoms with Gasteiger partial charge in [-0.2, -0.15) is 0 Å². The molecule has 0 bridgehead atoms. The van der Waals surface area contributed by atoms with Gasteiger partial charge in [0.2, 0.25) is 0 Å². The third-order valence-electron chi connectivity index (χ3n) is 2.10. The molecule has 0 saturated carbocycles. The minimum absolute atomic E-state index is 1.13. The van der Waals surface area contributed by atoms with Crippen LogP contribution in [0.25, 0.3) is 0 Å². The normalized spacial score (nSPS) is 19.2. The second-order valence-corrected chi connectivity index (χ2v) is 3.07. The largest absolute Gasteiger partial charge is 0.388 e. The highest BCUT2D eigenvalue weighted by molar-refractivity contribution is 5.27. The summed E-state index contributed by atoms with van der Waals surface area (Å²) in [6.45, 7) is 5.31. The predicted molar refractivity (Wildman–Crippen MR) is 53.9 cm³/mol. The van der Waals surface area contributed by atoms with Crippen LogP contribution in [-0.4, -0.2) is 6.54 Å². The molecule has 0 aliphatic carbocycles. The highest BCUT2D eigenvalue weighted by Gasteiger charge is 2.03. The van der Waals surface area contributed by atoms with Crippen LogP contribution in [0, 0.1) is 0 Å². The van der Waals surface area contributed by atoms with Crippen LogP contribution < -0.4 is 5.32 Å². The molecule has 1 aliphatic heterocycles. The Balaban J connectivity index is 2.59. The summed E-state index contributed by atoms with van der Waals surface area (Å²) in [6.07, 6.45) is 10.9. The SMILES string of the molecule is C/C=C/C=C\C1=C(C)NCCC1. The van der Waals surface area contributed by atoms with Gasteiger partial charge in [-0.05, 0) is 32.3 Å². The number of nitrogens with one attached hydrogen (secondary N) is 1. The maximum Gasteiger partial charge on any atom is 0.0147 e. The summed E-state index contributed by atoms with van der Waals surface area (Å²) >= 11 is 0. The Kier molecular flexibility index (Phi) is 3.65. The molecule has 12 heavy (non-hydrogen) atoms. The highest BCUT2D eigenvalue weighted by atomic mass is 14.9. The quantitative estimate of drug-likeness (QED) is 0.617. The Labute approximate surface area is 74.9 Å². The molecular formula is C11H17N. The van der Waals surface area contributed by atoms with Crippen molar-refractivity contribution in [1.29, 1.82) is 0 Å². The van der Waals surface area contributed by atoms with E-state index in [0.29, 0.717) is 0 Å². The minimum atomic E-state index is 1.13. The van der Waals surface area contributed by atoms with Crippen LogP contribution in [-0.2, 0) is 0 Å². The Bertz CT molecular complexity index is 221. The van der Waals surface area contributed by atoms with Gasteiger partial charge in [-0.3, -0.25) is 0 Å². The summed E-state index contributed by atoms with van der Waals surface area (Å²) in [6, 6.07) is 0. The lowest BCUT2D eigenvalue weighted by molar-refractivity contribution is 0.672. The molecule has 0 fully saturated rings. The first kappa shape index (κ1) is 9.11. The average Bonchev–Trinajstić information content (AvgIpc) is 2.09. The van der Waals surface area contributed by atoms with Gasteiger partial charge in [-0.25, -0.2) is 0 Å². The lowest BCUT2D eigenvalue weighted by atomic mass is 10.0. The van der Waals surface area contributed by atoms with Gasteiger partial charge < -0.3 is 5.32 Å². The number of hydrogen-bond donors (Lipinski definition) is 1. The zero-order valence-corrected chi connectivity index (χ0v) is 7.93. The van der Waals surface area contributed by atoms with Crippen molar-refractivity contribution >= 4 is 0 Å². The second kappa shape index (κ2) is 4.81. The van der Waals surface area contributed by atoms with E-state index in [2.05, 4.69) is 30.5 Å². The first-order valence-electron chi connectivity index (χ1n) is 4.57. The molecular weight excluding hydrogens is 146 g/mol. The smallest absolute Gasteiger partial charge is 0.0147 e. The fraction of sp³-hybridized carbons (Fsp3) is 0.455. The van der Waals surface area contributed by atoms with E-state index in [4.69, 9.17) is 0 Å². The Morgan fingerprint density at radius 2 is 2.17 bits per heavy atom. The molecule has 0 unspecified atom stereocenters. The summed E-state index contributed by atoms with van der Waals surface area (Å²) in [7, 11) is 0. The predicted octanol–water partition coefficient (Wildman–Crippen LogP) is 2.78. The molecule has 0 aromatic rings. The molecule has 0 atom stereocenters. The lowest BCUT2D eigenvalue weighted by Gasteiger charge is -2.16. The van der Waals surface area contributed by atoms with Gasteiger partial charge in [0.25, 0.3) is 0 Å². The van der Waals surface area contributed by atoms with E-state index in [9.17, 15) is 0 Å². The lowest BCUT2D eigenvalue weighted by Crippen LogP contribution is -2.18. The molecule has 0 spiro atoms. The summed E-state index contributed by atoms with van der Waals surface area (Å²) < 4.78 is 0. The van der Waals surface area contributed by atoms with Gasteiger partial charge >= 0.3 is 0 Å². The second-order valence-electron chi connectivity index (χ2n) is 3.07. The molecule has 0 aromatic carbocycles. The van der Waals surface area contributed by atoms with E-state index in [0.717, 1.165) is 6.54 Å². The highest BCUT2D eigenvalue weighted by Crippen LogP contribution is 2.14. The summed E-state index contributed by atoms with van der Waals surface area (Å²) in [4.78, 5) is 0. The van der Waals surface area contributed by atoms with Crippen LogP contribution in [0.2, 0.25) is 0 Å². The number of hydrogen-bond acceptors (Lipinski definition) is 1. The maximum absolute atomic E-state index is 3.36. The zero-order chi connectivity index (χ0) is 8.81. The molecule has 0 aromatic heterocycles. The molecule has 1 N–H and O–H groups in total. The van der Waals surface area contributed by atoms with Crippen molar-refractivity contribution in [3.8, 4) is 0 Å². The molecule has 1 rings (SSSR count). The van der Waals surface area contributed by atoms with Crippen LogP contribution in [0.15, 0.2) is 35.6 Å². The Hall–Kier alpha value is -0.980. The molecule has 1 nitrogen and oxygen atoms in total. The zero-order valence-electron chi connectivity index (χ0n) is 7.93. The summed E-state index contributed by atoms with van der Waals surface area (Å²) in [5.74, 6) is 0. The van der Waals surface area contributed by atoms with E-state index in [1.807, 2.05) is 13.0 Å². The van der Waals surface area contributed by atoms with Crippen molar-refractivity contribution in [2.75, 3.05) is 6.54 Å². The third-order valence-corrected chi connectivity index (χ3v) is 2.10. The van der Waals surface area contributed by atoms with Crippen molar-refractivity contribution in [2.45, 2.75) is 26.7 Å². The van der Waals surface area contributed by atoms with Gasteiger partial charge in [0.05, 0.1) is 0 Å². The van der Waals surface area contributed by atoms with Crippen LogP contribution in [0.1, 0.15) is 26.7 Å². The van der Waals surface area contributed by atoms with Crippen molar-refractivity contribution < 1.29 is 0 Å². The first-order valence-corrected chi connectivity index (χ1v) is 4.57. The molecule has 1 heteroatoms. The fourth-order valence-electron chi connectivity index (χ4n) is 1.35. The van der Waals surface area contributed by atoms with Crippen molar-refractivity contribution in [1.82, 2.24) is 5.32 Å². The van der Waals surface area contributed by atoms with E-state index in [-0.39, 0.29) is 0 Å². The van der Waals surface area contributed by atoms with Gasteiger partial charge in [0.1, 0.15) is 0 Å². The van der Waals surface area contributed by atoms with Crippen molar-refractivity contribution in [2.24, 2.45) is 0 Å². The Morgan fingerprint density at radius 1 is 1.33 bits per heavy atom. The van der Waals surface area contributed by atoms with Crippen molar-refractivity contribution in [3.05, 3.63) is 35.6 Å². The molecule has 66 valence electrons. The minimum Gasteiger partial charge on any atom is -0.388 e. The van der Waals surface area contributed by atoms with Crippen LogP contribution in [0.4, 0.5) is 0 Å². The molecule has 0 radical (unpaired) electrons. The van der Waals surface area contributed by atoms with Crippen LogP contribution >= 0.6 is 0 Å². The Morgan fingerprint density at radius 3 is 2.83 bits per heavy atom. The van der Waals surface area contributed by atoms with Gasteiger partial charge in [0, 0.05) is 12.2 Å². The van der Waals surface area contributed by atoms with Crippen LogP contribution in [0.5, 0.6) is 0 Å². The third kappa shape index (κ3) is 2.57. The summed E-state index contributed by atoms with van der Waals surface area (Å²) in [5, 5.41) is 3.36. The topological polar surface area (TPSA) is 12.0 Å². The average molecular weight is 163 g/mol. The van der Waals surface area contributed by atoms with Crippen LogP contribution in [0.3, 0.4) is 0 Å². The van der Waals surface area contributed by atoms with E-state index < -0.39 is 0 Å². The molecule has 0 saturated heterocycles. The number of allylic oxidation sites excluding steroid dienone is 6. The van der Waals surface area contributed by atoms with E-state index in [1.165, 1.54) is 24.1 Å². The first-order chi connectivity index (χ1) is 5.84. The standard InChI is InChI=1S/C11H17N/c1-3-4-5-7-11-8-6-9-12-10(11)2/h3-5,7,12H,6,8-9H2,1-2H3/b4-3+,7-5-. The van der Waals surface area contributed by atoms with Gasteiger partial charge in [-0.15, -0.1) is 0 Å². The van der Waals surface area contributed by atoms with Crippen molar-refractivity contribution in [3.63, 3.8) is 0 Å². The molecule has 1 aliphatic rings. The molecule has 0 amide bonds. The van der Waals surface area contributed by atoms with E-state index >= 15 is 0 Å². The van der Waals surface area contributed by atoms with Gasteiger partial charge in [0.15, 0.2) is 0 Å².